The minimum absolute atomic E-state index is 0.0465. The minimum atomic E-state index is -0.272. The van der Waals surface area contributed by atoms with Gasteiger partial charge < -0.3 is 15.7 Å². The van der Waals surface area contributed by atoms with Crippen LogP contribution < -0.4 is 10.6 Å². The Bertz CT molecular complexity index is 860. The fourth-order valence-electron chi connectivity index (χ4n) is 2.34. The zero-order valence-electron chi connectivity index (χ0n) is 14.4. The molecule has 134 valence electrons. The Balaban J connectivity index is 1.88. The Labute approximate surface area is 151 Å². The van der Waals surface area contributed by atoms with Crippen LogP contribution in [0.2, 0.25) is 0 Å². The van der Waals surface area contributed by atoms with Crippen molar-refractivity contribution in [3.8, 4) is 11.4 Å². The lowest BCUT2D eigenvalue weighted by Crippen LogP contribution is -2.21. The van der Waals surface area contributed by atoms with Crippen LogP contribution in [0.5, 0.6) is 0 Å². The smallest absolute Gasteiger partial charge is 0.225 e. The summed E-state index contributed by atoms with van der Waals surface area (Å²) in [4.78, 5) is 13.2. The zero-order chi connectivity index (χ0) is 18.4. The SMILES string of the molecule is C[C@H](CO)Nc1nc(NCc2ccccc2F)cc(-c2ccccn2)n1. The van der Waals surface area contributed by atoms with Crippen LogP contribution in [-0.2, 0) is 6.54 Å². The molecule has 2 aromatic heterocycles. The zero-order valence-corrected chi connectivity index (χ0v) is 14.4. The molecule has 3 N–H and O–H groups in total. The first-order chi connectivity index (χ1) is 12.7. The fraction of sp³-hybridized carbons (Fsp3) is 0.211. The van der Waals surface area contributed by atoms with E-state index in [4.69, 9.17) is 0 Å². The average Bonchev–Trinajstić information content (AvgIpc) is 2.68. The van der Waals surface area contributed by atoms with Gasteiger partial charge in [-0.05, 0) is 25.1 Å². The lowest BCUT2D eigenvalue weighted by atomic mass is 10.2. The van der Waals surface area contributed by atoms with Crippen LogP contribution in [0.1, 0.15) is 12.5 Å². The summed E-state index contributed by atoms with van der Waals surface area (Å²) in [6, 6.07) is 13.7. The van der Waals surface area contributed by atoms with Gasteiger partial charge in [0.15, 0.2) is 0 Å². The Morgan fingerprint density at radius 3 is 2.62 bits per heavy atom. The second-order valence-electron chi connectivity index (χ2n) is 5.85. The van der Waals surface area contributed by atoms with E-state index in [9.17, 15) is 9.50 Å². The first kappa shape index (κ1) is 17.8. The van der Waals surface area contributed by atoms with Crippen molar-refractivity contribution in [2.45, 2.75) is 19.5 Å². The van der Waals surface area contributed by atoms with Crippen LogP contribution in [0.4, 0.5) is 16.2 Å². The molecule has 0 radical (unpaired) electrons. The number of aliphatic hydroxyl groups is 1. The number of nitrogens with zero attached hydrogens (tertiary/aromatic N) is 3. The number of anilines is 2. The minimum Gasteiger partial charge on any atom is -0.394 e. The van der Waals surface area contributed by atoms with E-state index in [0.29, 0.717) is 35.3 Å². The monoisotopic (exact) mass is 353 g/mol. The van der Waals surface area contributed by atoms with E-state index in [1.54, 1.807) is 30.5 Å². The number of benzene rings is 1. The lowest BCUT2D eigenvalue weighted by Gasteiger charge is -2.14. The van der Waals surface area contributed by atoms with Gasteiger partial charge in [0.25, 0.3) is 0 Å². The summed E-state index contributed by atoms with van der Waals surface area (Å²) < 4.78 is 13.8. The van der Waals surface area contributed by atoms with Gasteiger partial charge in [-0.1, -0.05) is 24.3 Å². The number of aromatic nitrogens is 3. The van der Waals surface area contributed by atoms with Gasteiger partial charge in [-0.2, -0.15) is 4.98 Å². The number of aliphatic hydroxyl groups excluding tert-OH is 1. The second-order valence-corrected chi connectivity index (χ2v) is 5.85. The van der Waals surface area contributed by atoms with Gasteiger partial charge in [0.1, 0.15) is 11.6 Å². The first-order valence-corrected chi connectivity index (χ1v) is 8.31. The maximum Gasteiger partial charge on any atom is 0.225 e. The van der Waals surface area contributed by atoms with Gasteiger partial charge in [0.2, 0.25) is 5.95 Å². The summed E-state index contributed by atoms with van der Waals surface area (Å²) in [5, 5.41) is 15.4. The van der Waals surface area contributed by atoms with Crippen molar-refractivity contribution in [2.24, 2.45) is 0 Å². The Morgan fingerprint density at radius 2 is 1.88 bits per heavy atom. The summed E-state index contributed by atoms with van der Waals surface area (Å²) in [6.45, 7) is 2.07. The molecule has 26 heavy (non-hydrogen) atoms. The van der Waals surface area contributed by atoms with Gasteiger partial charge in [-0.15, -0.1) is 0 Å². The molecule has 0 bridgehead atoms. The molecule has 2 heterocycles. The van der Waals surface area contributed by atoms with E-state index in [1.807, 2.05) is 25.1 Å². The van der Waals surface area contributed by atoms with E-state index in [-0.39, 0.29) is 18.5 Å². The highest BCUT2D eigenvalue weighted by Crippen LogP contribution is 2.20. The molecule has 0 aliphatic heterocycles. The number of pyridine rings is 1. The molecule has 3 rings (SSSR count). The molecule has 0 spiro atoms. The van der Waals surface area contributed by atoms with E-state index in [2.05, 4.69) is 25.6 Å². The molecular weight excluding hydrogens is 333 g/mol. The number of nitrogens with one attached hydrogen (secondary N) is 2. The van der Waals surface area contributed by atoms with Gasteiger partial charge in [0, 0.05) is 30.4 Å². The molecule has 6 nitrogen and oxygen atoms in total. The van der Waals surface area contributed by atoms with Crippen LogP contribution in [0.15, 0.2) is 54.7 Å². The van der Waals surface area contributed by atoms with Crippen molar-refractivity contribution in [3.63, 3.8) is 0 Å². The summed E-state index contributed by atoms with van der Waals surface area (Å²) in [7, 11) is 0. The lowest BCUT2D eigenvalue weighted by molar-refractivity contribution is 0.281. The molecule has 1 atom stereocenters. The van der Waals surface area contributed by atoms with Crippen LogP contribution in [0, 0.1) is 5.82 Å². The third-order valence-electron chi connectivity index (χ3n) is 3.72. The third kappa shape index (κ3) is 4.52. The highest BCUT2D eigenvalue weighted by Gasteiger charge is 2.10. The van der Waals surface area contributed by atoms with Crippen LogP contribution in [0.25, 0.3) is 11.4 Å². The van der Waals surface area contributed by atoms with Crippen molar-refractivity contribution >= 4 is 11.8 Å². The Morgan fingerprint density at radius 1 is 1.08 bits per heavy atom. The molecule has 0 saturated carbocycles. The maximum atomic E-state index is 13.8. The fourth-order valence-corrected chi connectivity index (χ4v) is 2.34. The molecule has 0 amide bonds. The number of halogens is 1. The quantitative estimate of drug-likeness (QED) is 0.605. The highest BCUT2D eigenvalue weighted by molar-refractivity contribution is 5.61. The largest absolute Gasteiger partial charge is 0.394 e. The molecule has 0 aliphatic carbocycles. The summed E-state index contributed by atoms with van der Waals surface area (Å²) >= 11 is 0. The van der Waals surface area contributed by atoms with Gasteiger partial charge in [0.05, 0.1) is 18.0 Å². The van der Waals surface area contributed by atoms with E-state index in [0.717, 1.165) is 0 Å². The normalized spacial score (nSPS) is 11.8. The molecular formula is C19H20FN5O. The Kier molecular flexibility index (Phi) is 5.70. The summed E-state index contributed by atoms with van der Waals surface area (Å²) in [5.74, 6) is 0.633. The molecule has 0 saturated heterocycles. The predicted octanol–water partition coefficient (Wildman–Crippen LogP) is 3.08. The molecule has 1 aromatic carbocycles. The average molecular weight is 353 g/mol. The molecule has 0 unspecified atom stereocenters. The van der Waals surface area contributed by atoms with Crippen molar-refractivity contribution in [3.05, 3.63) is 66.1 Å². The number of rotatable bonds is 7. The van der Waals surface area contributed by atoms with Gasteiger partial charge in [-0.25, -0.2) is 9.37 Å². The van der Waals surface area contributed by atoms with Crippen molar-refractivity contribution < 1.29 is 9.50 Å². The van der Waals surface area contributed by atoms with Crippen LogP contribution >= 0.6 is 0 Å². The topological polar surface area (TPSA) is 83.0 Å². The first-order valence-electron chi connectivity index (χ1n) is 8.31. The predicted molar refractivity (Wildman–Crippen MR) is 99.2 cm³/mol. The number of hydrogen-bond acceptors (Lipinski definition) is 6. The second kappa shape index (κ2) is 8.35. The van der Waals surface area contributed by atoms with Gasteiger partial charge in [-0.3, -0.25) is 4.98 Å². The van der Waals surface area contributed by atoms with Crippen LogP contribution in [-0.4, -0.2) is 32.7 Å². The molecule has 7 heteroatoms. The van der Waals surface area contributed by atoms with Gasteiger partial charge >= 0.3 is 0 Å². The van der Waals surface area contributed by atoms with Crippen LogP contribution in [0.3, 0.4) is 0 Å². The number of hydrogen-bond donors (Lipinski definition) is 3. The molecule has 0 fully saturated rings. The standard InChI is InChI=1S/C19H20FN5O/c1-13(12-26)23-19-24-17(16-8-4-5-9-21-16)10-18(25-19)22-11-14-6-2-3-7-15(14)20/h2-10,13,26H,11-12H2,1H3,(H2,22,23,24,25)/t13-/m1/s1. The summed E-state index contributed by atoms with van der Waals surface area (Å²) in [5.41, 5.74) is 1.87. The van der Waals surface area contributed by atoms with Crippen molar-refractivity contribution in [1.29, 1.82) is 0 Å². The molecule has 3 aromatic rings. The van der Waals surface area contributed by atoms with E-state index >= 15 is 0 Å². The Hall–Kier alpha value is -3.06. The summed E-state index contributed by atoms with van der Waals surface area (Å²) in [6.07, 6.45) is 1.69. The third-order valence-corrected chi connectivity index (χ3v) is 3.72. The highest BCUT2D eigenvalue weighted by atomic mass is 19.1. The van der Waals surface area contributed by atoms with Crippen molar-refractivity contribution in [1.82, 2.24) is 15.0 Å². The molecule has 0 aliphatic rings. The van der Waals surface area contributed by atoms with Crippen molar-refractivity contribution in [2.75, 3.05) is 17.2 Å². The van der Waals surface area contributed by atoms with E-state index < -0.39 is 0 Å². The van der Waals surface area contributed by atoms with E-state index in [1.165, 1.54) is 6.07 Å². The maximum absolute atomic E-state index is 13.8.